The van der Waals surface area contributed by atoms with E-state index in [4.69, 9.17) is 4.74 Å². The summed E-state index contributed by atoms with van der Waals surface area (Å²) in [4.78, 5) is 31.1. The van der Waals surface area contributed by atoms with Gasteiger partial charge in [-0.15, -0.1) is 0 Å². The van der Waals surface area contributed by atoms with Crippen molar-refractivity contribution in [2.75, 3.05) is 36.5 Å². The van der Waals surface area contributed by atoms with Crippen molar-refractivity contribution >= 4 is 17.3 Å². The molecule has 1 amide bonds. The van der Waals surface area contributed by atoms with Gasteiger partial charge in [0.2, 0.25) is 0 Å². The third-order valence-corrected chi connectivity index (χ3v) is 5.64. The minimum absolute atomic E-state index is 0.122. The van der Waals surface area contributed by atoms with E-state index >= 15 is 0 Å². The van der Waals surface area contributed by atoms with Crippen molar-refractivity contribution < 1.29 is 22.7 Å². The van der Waals surface area contributed by atoms with Crippen LogP contribution in [0.2, 0.25) is 0 Å². The summed E-state index contributed by atoms with van der Waals surface area (Å²) in [7, 11) is 1.68. The van der Waals surface area contributed by atoms with Gasteiger partial charge in [0.15, 0.2) is 0 Å². The molecule has 0 atom stereocenters. The lowest BCUT2D eigenvalue weighted by Gasteiger charge is -2.29. The first-order valence-electron chi connectivity index (χ1n) is 10.6. The van der Waals surface area contributed by atoms with Crippen LogP contribution in [0.3, 0.4) is 0 Å². The van der Waals surface area contributed by atoms with E-state index < -0.39 is 17.6 Å². The average molecular weight is 472 g/mol. The highest BCUT2D eigenvalue weighted by Gasteiger charge is 2.31. The highest BCUT2D eigenvalue weighted by Crippen LogP contribution is 2.30. The van der Waals surface area contributed by atoms with Gasteiger partial charge >= 0.3 is 6.18 Å². The Balaban J connectivity index is 1.65. The molecule has 7 nitrogen and oxygen atoms in total. The number of halogens is 3. The molecule has 178 valence electrons. The molecule has 1 aromatic carbocycles. The predicted molar refractivity (Wildman–Crippen MR) is 122 cm³/mol. The first-order valence-corrected chi connectivity index (χ1v) is 10.6. The van der Waals surface area contributed by atoms with Crippen molar-refractivity contribution in [1.29, 1.82) is 0 Å². The number of nitrogens with zero attached hydrogens (tertiary/aromatic N) is 3. The molecule has 3 heterocycles. The smallest absolute Gasteiger partial charge is 0.378 e. The Labute approximate surface area is 193 Å². The van der Waals surface area contributed by atoms with Gasteiger partial charge in [-0.25, -0.2) is 0 Å². The molecule has 10 heteroatoms. The van der Waals surface area contributed by atoms with E-state index in [0.717, 1.165) is 29.0 Å². The first-order chi connectivity index (χ1) is 16.1. The molecule has 1 fully saturated rings. The molecule has 1 aliphatic rings. The van der Waals surface area contributed by atoms with Crippen molar-refractivity contribution in [2.45, 2.75) is 13.1 Å². The number of alkyl halides is 3. The molecule has 34 heavy (non-hydrogen) atoms. The van der Waals surface area contributed by atoms with Gasteiger partial charge in [0.25, 0.3) is 11.5 Å². The molecule has 0 bridgehead atoms. The van der Waals surface area contributed by atoms with Crippen LogP contribution in [0.5, 0.6) is 0 Å². The van der Waals surface area contributed by atoms with Gasteiger partial charge in [-0.05, 0) is 48.4 Å². The number of hydrogen-bond acceptors (Lipinski definition) is 5. The SMILES string of the molecule is Cc1ccc(NC(=O)c2cc(C(F)(F)F)ccn2)cc1-c1cc(N2CCOCC2)c(=O)n(C)c1. The zero-order valence-electron chi connectivity index (χ0n) is 18.6. The van der Waals surface area contributed by atoms with E-state index in [1.54, 1.807) is 31.4 Å². The van der Waals surface area contributed by atoms with Gasteiger partial charge in [-0.1, -0.05) is 6.07 Å². The number of anilines is 2. The Morgan fingerprint density at radius 3 is 2.56 bits per heavy atom. The summed E-state index contributed by atoms with van der Waals surface area (Å²) in [6, 6.07) is 8.53. The zero-order valence-corrected chi connectivity index (χ0v) is 18.6. The largest absolute Gasteiger partial charge is 0.416 e. The third kappa shape index (κ3) is 4.96. The van der Waals surface area contributed by atoms with Crippen molar-refractivity contribution in [2.24, 2.45) is 7.05 Å². The van der Waals surface area contributed by atoms with Gasteiger partial charge < -0.3 is 19.5 Å². The Morgan fingerprint density at radius 1 is 1.12 bits per heavy atom. The van der Waals surface area contributed by atoms with E-state index in [1.165, 1.54) is 4.57 Å². The normalized spacial score (nSPS) is 14.2. The zero-order chi connectivity index (χ0) is 24.5. The highest BCUT2D eigenvalue weighted by atomic mass is 19.4. The van der Waals surface area contributed by atoms with Crippen LogP contribution in [0.4, 0.5) is 24.5 Å². The number of pyridine rings is 2. The molecule has 0 radical (unpaired) electrons. The van der Waals surface area contributed by atoms with E-state index in [-0.39, 0.29) is 11.3 Å². The molecule has 1 saturated heterocycles. The van der Waals surface area contributed by atoms with Crippen LogP contribution in [0.15, 0.2) is 53.6 Å². The number of morpholine rings is 1. The molecule has 0 saturated carbocycles. The van der Waals surface area contributed by atoms with Crippen LogP contribution in [0.25, 0.3) is 11.1 Å². The summed E-state index contributed by atoms with van der Waals surface area (Å²) in [5.41, 5.74) is 2.00. The van der Waals surface area contributed by atoms with E-state index in [2.05, 4.69) is 10.3 Å². The third-order valence-electron chi connectivity index (χ3n) is 5.64. The van der Waals surface area contributed by atoms with Gasteiger partial charge in [0, 0.05) is 43.8 Å². The summed E-state index contributed by atoms with van der Waals surface area (Å²) in [5.74, 6) is -0.754. The first kappa shape index (κ1) is 23.5. The molecule has 1 aliphatic heterocycles. The van der Waals surface area contributed by atoms with Gasteiger partial charge in [-0.2, -0.15) is 13.2 Å². The maximum atomic E-state index is 13.0. The van der Waals surface area contributed by atoms with Crippen molar-refractivity contribution in [1.82, 2.24) is 9.55 Å². The Bertz CT molecular complexity index is 1280. The van der Waals surface area contributed by atoms with Gasteiger partial charge in [0.1, 0.15) is 11.4 Å². The number of aryl methyl sites for hydroxylation is 2. The molecule has 3 aromatic rings. The quantitative estimate of drug-likeness (QED) is 0.624. The van der Waals surface area contributed by atoms with Crippen LogP contribution < -0.4 is 15.8 Å². The molecule has 4 rings (SSSR count). The average Bonchev–Trinajstić information content (AvgIpc) is 2.82. The van der Waals surface area contributed by atoms with Crippen molar-refractivity contribution in [3.05, 3.63) is 76.0 Å². The van der Waals surface area contributed by atoms with Crippen molar-refractivity contribution in [3.8, 4) is 11.1 Å². The van der Waals surface area contributed by atoms with Crippen LogP contribution in [0.1, 0.15) is 21.6 Å². The van der Waals surface area contributed by atoms with Crippen LogP contribution in [0, 0.1) is 6.92 Å². The lowest BCUT2D eigenvalue weighted by atomic mass is 10.0. The minimum atomic E-state index is -4.57. The monoisotopic (exact) mass is 472 g/mol. The summed E-state index contributed by atoms with van der Waals surface area (Å²) in [6.45, 7) is 4.19. The maximum Gasteiger partial charge on any atom is 0.416 e. The Hall–Kier alpha value is -3.66. The van der Waals surface area contributed by atoms with Crippen LogP contribution in [-0.4, -0.2) is 41.8 Å². The number of aromatic nitrogens is 2. The highest BCUT2D eigenvalue weighted by molar-refractivity contribution is 6.03. The molecule has 1 N–H and O–H groups in total. The Morgan fingerprint density at radius 2 is 1.85 bits per heavy atom. The molecule has 0 unspecified atom stereocenters. The molecule has 2 aromatic heterocycles. The summed E-state index contributed by atoms with van der Waals surface area (Å²) in [5, 5.41) is 2.61. The summed E-state index contributed by atoms with van der Waals surface area (Å²) < 4.78 is 45.8. The molecule has 0 spiro atoms. The molecular weight excluding hydrogens is 449 g/mol. The standard InChI is InChI=1S/C24H23F3N4O3/c1-15-3-4-18(29-22(32)20-12-17(5-6-28-20)24(25,26)27)13-19(15)16-11-21(23(33)30(2)14-16)31-7-9-34-10-8-31/h3-6,11-14H,7-10H2,1-2H3,(H,29,32). The van der Waals surface area contributed by atoms with E-state index in [0.29, 0.717) is 43.7 Å². The lowest BCUT2D eigenvalue weighted by Crippen LogP contribution is -2.40. The van der Waals surface area contributed by atoms with Gasteiger partial charge in [-0.3, -0.25) is 14.6 Å². The maximum absolute atomic E-state index is 13.0. The number of ether oxygens (including phenoxy) is 1. The number of carbonyl (C=O) groups excluding carboxylic acids is 1. The minimum Gasteiger partial charge on any atom is -0.378 e. The summed E-state index contributed by atoms with van der Waals surface area (Å²) >= 11 is 0. The fourth-order valence-electron chi connectivity index (χ4n) is 3.81. The van der Waals surface area contributed by atoms with Gasteiger partial charge in [0.05, 0.1) is 18.8 Å². The second-order valence-electron chi connectivity index (χ2n) is 8.04. The molecular formula is C24H23F3N4O3. The number of benzene rings is 1. The second kappa shape index (κ2) is 9.30. The topological polar surface area (TPSA) is 76.5 Å². The summed E-state index contributed by atoms with van der Waals surface area (Å²) in [6.07, 6.45) is -1.90. The lowest BCUT2D eigenvalue weighted by molar-refractivity contribution is -0.137. The molecule has 0 aliphatic carbocycles. The predicted octanol–water partition coefficient (Wildman–Crippen LogP) is 3.86. The number of amides is 1. The van der Waals surface area contributed by atoms with Crippen LogP contribution >= 0.6 is 0 Å². The number of rotatable bonds is 4. The Kier molecular flexibility index (Phi) is 6.43. The van der Waals surface area contributed by atoms with Crippen LogP contribution in [-0.2, 0) is 18.0 Å². The number of nitrogens with one attached hydrogen (secondary N) is 1. The second-order valence-corrected chi connectivity index (χ2v) is 8.04. The van der Waals surface area contributed by atoms with E-state index in [9.17, 15) is 22.8 Å². The van der Waals surface area contributed by atoms with Crippen molar-refractivity contribution in [3.63, 3.8) is 0 Å². The fourth-order valence-corrected chi connectivity index (χ4v) is 3.81. The fraction of sp³-hybridized carbons (Fsp3) is 0.292. The number of hydrogen-bond donors (Lipinski definition) is 1. The van der Waals surface area contributed by atoms with E-state index in [1.807, 2.05) is 17.9 Å². The number of carbonyl (C=O) groups is 1.